The van der Waals surface area contributed by atoms with Gasteiger partial charge < -0.3 is 43.7 Å². The van der Waals surface area contributed by atoms with E-state index in [1.165, 1.54) is 6.08 Å². The molecule has 0 fully saturated rings. The molecule has 33 heavy (non-hydrogen) atoms. The number of ether oxygens (including phenoxy) is 7. The lowest BCUT2D eigenvalue weighted by Crippen LogP contribution is -2.40. The summed E-state index contributed by atoms with van der Waals surface area (Å²) in [5.74, 6) is 0. The second kappa shape index (κ2) is 19.4. The van der Waals surface area contributed by atoms with Crippen molar-refractivity contribution in [1.82, 2.24) is 0 Å². The van der Waals surface area contributed by atoms with Gasteiger partial charge in [-0.2, -0.15) is 17.6 Å². The minimum absolute atomic E-state index is 0.00888. The normalized spacial score (nSPS) is 14.4. The SMILES string of the molecule is C=CCOCCC(O)COCC(F)(F)OC(F)(F)COCOCCOCC(O)COCCO. The molecule has 3 N–H and O–H groups in total. The van der Waals surface area contributed by atoms with Crippen LogP contribution in [0.1, 0.15) is 6.42 Å². The fourth-order valence-electron chi connectivity index (χ4n) is 2.01. The van der Waals surface area contributed by atoms with E-state index in [1.807, 2.05) is 0 Å². The second-order valence-corrected chi connectivity index (χ2v) is 6.60. The molecule has 0 aromatic carbocycles. The van der Waals surface area contributed by atoms with E-state index in [9.17, 15) is 27.8 Å². The van der Waals surface area contributed by atoms with Gasteiger partial charge in [0.15, 0.2) is 0 Å². The first-order valence-corrected chi connectivity index (χ1v) is 10.1. The van der Waals surface area contributed by atoms with Gasteiger partial charge >= 0.3 is 12.2 Å². The fraction of sp³-hybridized carbons (Fsp3) is 0.895. The topological polar surface area (TPSA) is 125 Å². The van der Waals surface area contributed by atoms with Crippen molar-refractivity contribution in [3.63, 3.8) is 0 Å². The van der Waals surface area contributed by atoms with Gasteiger partial charge in [-0.15, -0.1) is 6.58 Å². The maximum Gasteiger partial charge on any atom is 0.383 e. The molecule has 2 unspecified atom stereocenters. The molecule has 0 aromatic rings. The van der Waals surface area contributed by atoms with Crippen LogP contribution in [0.25, 0.3) is 0 Å². The van der Waals surface area contributed by atoms with E-state index >= 15 is 0 Å². The predicted octanol–water partition coefficient (Wildman–Crippen LogP) is 0.536. The van der Waals surface area contributed by atoms with Crippen LogP contribution < -0.4 is 0 Å². The fourth-order valence-corrected chi connectivity index (χ4v) is 2.01. The highest BCUT2D eigenvalue weighted by molar-refractivity contribution is 4.64. The summed E-state index contributed by atoms with van der Waals surface area (Å²) in [5.41, 5.74) is 0. The summed E-state index contributed by atoms with van der Waals surface area (Å²) in [6.07, 6.45) is -9.05. The van der Waals surface area contributed by atoms with E-state index < -0.39 is 51.0 Å². The van der Waals surface area contributed by atoms with Crippen LogP contribution in [-0.2, 0) is 33.2 Å². The maximum absolute atomic E-state index is 13.5. The lowest BCUT2D eigenvalue weighted by Gasteiger charge is -2.24. The minimum Gasteiger partial charge on any atom is -0.394 e. The van der Waals surface area contributed by atoms with Crippen LogP contribution in [0.2, 0.25) is 0 Å². The largest absolute Gasteiger partial charge is 0.394 e. The predicted molar refractivity (Wildman–Crippen MR) is 105 cm³/mol. The Balaban J connectivity index is 3.82. The van der Waals surface area contributed by atoms with Crippen molar-refractivity contribution in [2.24, 2.45) is 0 Å². The van der Waals surface area contributed by atoms with Gasteiger partial charge in [0, 0.05) is 6.61 Å². The molecule has 0 bridgehead atoms. The Labute approximate surface area is 189 Å². The van der Waals surface area contributed by atoms with Crippen molar-refractivity contribution in [2.75, 3.05) is 79.5 Å². The van der Waals surface area contributed by atoms with Crippen molar-refractivity contribution >= 4 is 0 Å². The van der Waals surface area contributed by atoms with Gasteiger partial charge in [0.25, 0.3) is 0 Å². The van der Waals surface area contributed by atoms with Crippen molar-refractivity contribution < 1.29 is 66.0 Å². The van der Waals surface area contributed by atoms with Crippen LogP contribution in [0.15, 0.2) is 12.7 Å². The number of rotatable bonds is 24. The zero-order valence-electron chi connectivity index (χ0n) is 18.3. The van der Waals surface area contributed by atoms with Gasteiger partial charge in [0.2, 0.25) is 0 Å². The summed E-state index contributed by atoms with van der Waals surface area (Å²) >= 11 is 0. The molecule has 0 aliphatic heterocycles. The minimum atomic E-state index is -4.32. The summed E-state index contributed by atoms with van der Waals surface area (Å²) in [5, 5.41) is 27.5. The Morgan fingerprint density at radius 1 is 0.727 bits per heavy atom. The van der Waals surface area contributed by atoms with E-state index in [2.05, 4.69) is 20.8 Å². The first kappa shape index (κ1) is 32.1. The molecule has 0 aliphatic carbocycles. The molecule has 0 saturated carbocycles. The van der Waals surface area contributed by atoms with Gasteiger partial charge in [-0.1, -0.05) is 6.08 Å². The van der Waals surface area contributed by atoms with E-state index in [-0.39, 0.29) is 59.3 Å². The molecule has 0 aromatic heterocycles. The zero-order valence-corrected chi connectivity index (χ0v) is 18.3. The molecule has 0 saturated heterocycles. The first-order chi connectivity index (χ1) is 15.6. The molecule has 0 heterocycles. The smallest absolute Gasteiger partial charge is 0.383 e. The standard InChI is InChI=1S/C19H34F4O10/c1-2-5-27-6-3-16(25)10-31-13-18(20,21)33-19(22,23)14-32-15-30-9-8-29-12-17(26)11-28-7-4-24/h2,16-17,24-26H,1,3-15H2. The van der Waals surface area contributed by atoms with Crippen LogP contribution >= 0.6 is 0 Å². The molecule has 0 aliphatic rings. The molecule has 14 heteroatoms. The molecule has 0 radical (unpaired) electrons. The average Bonchev–Trinajstić information content (AvgIpc) is 2.72. The van der Waals surface area contributed by atoms with E-state index in [0.29, 0.717) is 0 Å². The van der Waals surface area contributed by atoms with Crippen LogP contribution in [0.3, 0.4) is 0 Å². The Bertz CT molecular complexity index is 474. The number of aliphatic hydroxyl groups is 3. The number of aliphatic hydroxyl groups excluding tert-OH is 3. The Morgan fingerprint density at radius 3 is 1.94 bits per heavy atom. The number of hydrogen-bond donors (Lipinski definition) is 3. The number of halogens is 4. The molecule has 0 amide bonds. The first-order valence-electron chi connectivity index (χ1n) is 10.1. The molecular formula is C19H34F4O10. The Kier molecular flexibility index (Phi) is 18.8. The number of hydrogen-bond acceptors (Lipinski definition) is 10. The maximum atomic E-state index is 13.5. The van der Waals surface area contributed by atoms with Crippen molar-refractivity contribution in [2.45, 2.75) is 30.8 Å². The van der Waals surface area contributed by atoms with Gasteiger partial charge in [0.05, 0.1) is 59.0 Å². The van der Waals surface area contributed by atoms with Gasteiger partial charge in [-0.25, -0.2) is 0 Å². The summed E-state index contributed by atoms with van der Waals surface area (Å²) in [6.45, 7) is -0.528. The zero-order chi connectivity index (χ0) is 25.0. The molecule has 198 valence electrons. The van der Waals surface area contributed by atoms with Gasteiger partial charge in [-0.3, -0.25) is 4.74 Å². The monoisotopic (exact) mass is 498 g/mol. The highest BCUT2D eigenvalue weighted by Crippen LogP contribution is 2.27. The Morgan fingerprint density at radius 2 is 1.30 bits per heavy atom. The van der Waals surface area contributed by atoms with Crippen molar-refractivity contribution in [3.8, 4) is 0 Å². The van der Waals surface area contributed by atoms with Crippen LogP contribution in [0.5, 0.6) is 0 Å². The summed E-state index contributed by atoms with van der Waals surface area (Å²) in [6, 6.07) is 0. The molecular weight excluding hydrogens is 464 g/mol. The quantitative estimate of drug-likeness (QED) is 0.0751. The van der Waals surface area contributed by atoms with Crippen LogP contribution in [0, 0.1) is 0 Å². The number of alkyl halides is 4. The van der Waals surface area contributed by atoms with E-state index in [1.54, 1.807) is 0 Å². The summed E-state index contributed by atoms with van der Waals surface area (Å²) in [4.78, 5) is 0. The van der Waals surface area contributed by atoms with Gasteiger partial charge in [-0.05, 0) is 6.42 Å². The summed E-state index contributed by atoms with van der Waals surface area (Å²) < 4.78 is 86.2. The van der Waals surface area contributed by atoms with Crippen LogP contribution in [0.4, 0.5) is 17.6 Å². The highest BCUT2D eigenvalue weighted by Gasteiger charge is 2.44. The van der Waals surface area contributed by atoms with Crippen molar-refractivity contribution in [3.05, 3.63) is 12.7 Å². The lowest BCUT2D eigenvalue weighted by atomic mass is 10.3. The third-order valence-corrected chi connectivity index (χ3v) is 3.37. The molecule has 0 spiro atoms. The van der Waals surface area contributed by atoms with E-state index in [0.717, 1.165) is 0 Å². The Hall–Kier alpha value is -0.940. The van der Waals surface area contributed by atoms with Gasteiger partial charge in [0.1, 0.15) is 26.1 Å². The third kappa shape index (κ3) is 21.3. The second-order valence-electron chi connectivity index (χ2n) is 6.60. The highest BCUT2D eigenvalue weighted by atomic mass is 19.3. The lowest BCUT2D eigenvalue weighted by molar-refractivity contribution is -0.396. The molecule has 2 atom stereocenters. The average molecular weight is 498 g/mol. The molecule has 0 rings (SSSR count). The molecule has 10 nitrogen and oxygen atoms in total. The third-order valence-electron chi connectivity index (χ3n) is 3.37. The van der Waals surface area contributed by atoms with E-state index in [4.69, 9.17) is 24.1 Å². The van der Waals surface area contributed by atoms with Crippen LogP contribution in [-0.4, -0.2) is 119 Å². The summed E-state index contributed by atoms with van der Waals surface area (Å²) in [7, 11) is 0. The van der Waals surface area contributed by atoms with Crippen molar-refractivity contribution in [1.29, 1.82) is 0 Å².